The summed E-state index contributed by atoms with van der Waals surface area (Å²) < 4.78 is 1.64. The molecular weight excluding hydrogens is 540 g/mol. The number of nitrogens with one attached hydrogen (secondary N) is 2. The Labute approximate surface area is 250 Å². The summed E-state index contributed by atoms with van der Waals surface area (Å²) in [5.74, 6) is -1.23. The van der Waals surface area contributed by atoms with E-state index in [0.29, 0.717) is 34.7 Å². The van der Waals surface area contributed by atoms with Gasteiger partial charge in [0.2, 0.25) is 5.91 Å². The first-order valence-corrected chi connectivity index (χ1v) is 14.7. The molecule has 1 fully saturated rings. The Hall–Kier alpha value is -4.89. The molecule has 2 N–H and O–H groups in total. The van der Waals surface area contributed by atoms with Crippen molar-refractivity contribution in [3.8, 4) is 0 Å². The molecule has 218 valence electrons. The molecule has 2 aliphatic heterocycles. The van der Waals surface area contributed by atoms with Gasteiger partial charge in [-0.05, 0) is 87.3 Å². The number of aryl methyl sites for hydroxylation is 2. The van der Waals surface area contributed by atoms with Crippen molar-refractivity contribution in [2.45, 2.75) is 45.7 Å². The zero-order valence-corrected chi connectivity index (χ0v) is 24.3. The predicted octanol–water partition coefficient (Wildman–Crippen LogP) is 5.73. The van der Waals surface area contributed by atoms with Crippen LogP contribution < -0.4 is 10.6 Å². The summed E-state index contributed by atoms with van der Waals surface area (Å²) in [6.45, 7) is 7.59. The summed E-state index contributed by atoms with van der Waals surface area (Å²) in [6, 6.07) is 21.9. The Bertz CT molecular complexity index is 1720. The minimum atomic E-state index is -0.540. The Morgan fingerprint density at radius 3 is 2.56 bits per heavy atom. The molecule has 1 atom stereocenters. The van der Waals surface area contributed by atoms with Crippen LogP contribution in [0.5, 0.6) is 0 Å². The monoisotopic (exact) mass is 574 g/mol. The molecule has 3 aromatic carbocycles. The topological polar surface area (TPSA) is 109 Å². The highest BCUT2D eigenvalue weighted by Gasteiger charge is 2.30. The lowest BCUT2D eigenvalue weighted by molar-refractivity contribution is -0.115. The molecule has 9 nitrogen and oxygen atoms in total. The number of hydrogen-bond acceptors (Lipinski definition) is 6. The minimum Gasteiger partial charge on any atom is -0.325 e. The molecule has 0 aliphatic carbocycles. The van der Waals surface area contributed by atoms with Crippen LogP contribution in [0, 0.1) is 6.92 Å². The van der Waals surface area contributed by atoms with Crippen molar-refractivity contribution in [2.24, 2.45) is 4.99 Å². The third kappa shape index (κ3) is 6.17. The summed E-state index contributed by atoms with van der Waals surface area (Å²) in [7, 11) is 0. The second-order valence-electron chi connectivity index (χ2n) is 11.0. The van der Waals surface area contributed by atoms with Crippen molar-refractivity contribution in [3.63, 3.8) is 0 Å². The number of rotatable bonds is 9. The first kappa shape index (κ1) is 28.2. The standard InChI is InChI=1S/C34H34N6O3/c1-3-40-31(17-22(2)38-40)34(43)36-27-8-6-7-24(18-27)32(41)25-11-14-28-29(33(42)37-30(28)19-25)20-35-26-12-9-23(10-13-26)21-39-15-4-5-16-39/h6-14,17-20,29H,3-5,15-16,21H2,1-2H3,(H,36,43)(H,37,42). The van der Waals surface area contributed by atoms with E-state index in [9.17, 15) is 14.4 Å². The van der Waals surface area contributed by atoms with Gasteiger partial charge in [0.25, 0.3) is 5.91 Å². The normalized spacial score (nSPS) is 16.4. The lowest BCUT2D eigenvalue weighted by Gasteiger charge is -2.14. The van der Waals surface area contributed by atoms with Crippen molar-refractivity contribution in [1.29, 1.82) is 0 Å². The van der Waals surface area contributed by atoms with Crippen LogP contribution in [-0.2, 0) is 17.9 Å². The molecule has 1 unspecified atom stereocenters. The molecular formula is C34H34N6O3. The Balaban J connectivity index is 1.14. The number of carbonyl (C=O) groups is 3. The molecule has 3 heterocycles. The SMILES string of the molecule is CCn1nc(C)cc1C(=O)Nc1cccc(C(=O)c2ccc3c(c2)NC(=O)C3C=Nc2ccc(CN3CCCC3)cc2)c1. The fourth-order valence-corrected chi connectivity index (χ4v) is 5.69. The van der Waals surface area contributed by atoms with Crippen molar-refractivity contribution in [3.05, 3.63) is 106 Å². The first-order chi connectivity index (χ1) is 20.9. The van der Waals surface area contributed by atoms with Crippen LogP contribution in [0.3, 0.4) is 0 Å². The number of amides is 2. The van der Waals surface area contributed by atoms with E-state index in [2.05, 4.69) is 37.8 Å². The van der Waals surface area contributed by atoms with E-state index in [1.54, 1.807) is 59.4 Å². The highest BCUT2D eigenvalue weighted by atomic mass is 16.2. The van der Waals surface area contributed by atoms with Crippen LogP contribution in [-0.4, -0.2) is 51.6 Å². The minimum absolute atomic E-state index is 0.180. The van der Waals surface area contributed by atoms with Gasteiger partial charge in [-0.25, -0.2) is 0 Å². The highest BCUT2D eigenvalue weighted by Crippen LogP contribution is 2.33. The Kier molecular flexibility index (Phi) is 7.98. The van der Waals surface area contributed by atoms with E-state index in [1.807, 2.05) is 26.0 Å². The van der Waals surface area contributed by atoms with E-state index < -0.39 is 5.92 Å². The quantitative estimate of drug-likeness (QED) is 0.196. The molecule has 1 saturated heterocycles. The average molecular weight is 575 g/mol. The number of hydrogen-bond donors (Lipinski definition) is 2. The van der Waals surface area contributed by atoms with Crippen LogP contribution in [0.15, 0.2) is 77.8 Å². The van der Waals surface area contributed by atoms with Crippen LogP contribution in [0.4, 0.5) is 17.1 Å². The maximum absolute atomic E-state index is 13.4. The average Bonchev–Trinajstić information content (AvgIpc) is 3.74. The molecule has 0 saturated carbocycles. The molecule has 9 heteroatoms. The molecule has 0 bridgehead atoms. The van der Waals surface area contributed by atoms with Crippen molar-refractivity contribution in [2.75, 3.05) is 23.7 Å². The molecule has 0 spiro atoms. The zero-order valence-electron chi connectivity index (χ0n) is 24.3. The van der Waals surface area contributed by atoms with Crippen LogP contribution >= 0.6 is 0 Å². The lowest BCUT2D eigenvalue weighted by atomic mass is 9.97. The van der Waals surface area contributed by atoms with Crippen LogP contribution in [0.2, 0.25) is 0 Å². The van der Waals surface area contributed by atoms with Gasteiger partial charge in [0.1, 0.15) is 11.6 Å². The maximum Gasteiger partial charge on any atom is 0.273 e. The summed E-state index contributed by atoms with van der Waals surface area (Å²) >= 11 is 0. The second kappa shape index (κ2) is 12.1. The lowest BCUT2D eigenvalue weighted by Crippen LogP contribution is -2.18. The van der Waals surface area contributed by atoms with Gasteiger partial charge >= 0.3 is 0 Å². The molecule has 6 rings (SSSR count). The van der Waals surface area contributed by atoms with Crippen LogP contribution in [0.1, 0.15) is 68.9 Å². The van der Waals surface area contributed by atoms with Crippen molar-refractivity contribution < 1.29 is 14.4 Å². The molecule has 2 amide bonds. The summed E-state index contributed by atoms with van der Waals surface area (Å²) in [5.41, 5.74) is 6.01. The third-order valence-electron chi connectivity index (χ3n) is 7.92. The summed E-state index contributed by atoms with van der Waals surface area (Å²) in [4.78, 5) is 46.1. The fourth-order valence-electron chi connectivity index (χ4n) is 5.69. The van der Waals surface area contributed by atoms with Crippen LogP contribution in [0.25, 0.3) is 0 Å². The van der Waals surface area contributed by atoms with E-state index in [4.69, 9.17) is 0 Å². The molecule has 0 radical (unpaired) electrons. The second-order valence-corrected chi connectivity index (χ2v) is 11.0. The number of likely N-dealkylation sites (tertiary alicyclic amines) is 1. The Morgan fingerprint density at radius 2 is 1.79 bits per heavy atom. The molecule has 43 heavy (non-hydrogen) atoms. The van der Waals surface area contributed by atoms with Gasteiger partial charge in [-0.15, -0.1) is 0 Å². The van der Waals surface area contributed by atoms with E-state index >= 15 is 0 Å². The number of carbonyl (C=O) groups excluding carboxylic acids is 3. The van der Waals surface area contributed by atoms with E-state index in [1.165, 1.54) is 18.4 Å². The number of anilines is 2. The van der Waals surface area contributed by atoms with Gasteiger partial charge in [0.05, 0.1) is 11.4 Å². The Morgan fingerprint density at radius 1 is 1.02 bits per heavy atom. The number of ketones is 1. The fraction of sp³-hybridized carbons (Fsp3) is 0.265. The zero-order chi connectivity index (χ0) is 29.9. The van der Waals surface area contributed by atoms with E-state index in [0.717, 1.165) is 36.6 Å². The summed E-state index contributed by atoms with van der Waals surface area (Å²) in [5, 5.41) is 10.1. The highest BCUT2D eigenvalue weighted by molar-refractivity contribution is 6.15. The van der Waals surface area contributed by atoms with Gasteiger partial charge in [-0.3, -0.25) is 29.0 Å². The first-order valence-electron chi connectivity index (χ1n) is 14.7. The number of nitrogens with zero attached hydrogens (tertiary/aromatic N) is 4. The molecule has 1 aromatic heterocycles. The van der Waals surface area contributed by atoms with Gasteiger partial charge < -0.3 is 10.6 Å². The smallest absolute Gasteiger partial charge is 0.273 e. The third-order valence-corrected chi connectivity index (χ3v) is 7.92. The van der Waals surface area contributed by atoms with Gasteiger partial charge in [0, 0.05) is 41.8 Å². The summed E-state index contributed by atoms with van der Waals surface area (Å²) in [6.07, 6.45) is 4.20. The number of aliphatic imine (C=N–C) groups is 1. The predicted molar refractivity (Wildman–Crippen MR) is 167 cm³/mol. The van der Waals surface area contributed by atoms with Gasteiger partial charge in [-0.2, -0.15) is 5.10 Å². The van der Waals surface area contributed by atoms with Gasteiger partial charge in [0.15, 0.2) is 5.78 Å². The molecule has 4 aromatic rings. The number of benzene rings is 3. The molecule has 2 aliphatic rings. The van der Waals surface area contributed by atoms with Crippen molar-refractivity contribution >= 4 is 40.9 Å². The largest absolute Gasteiger partial charge is 0.325 e. The van der Waals surface area contributed by atoms with Gasteiger partial charge in [-0.1, -0.05) is 36.4 Å². The van der Waals surface area contributed by atoms with E-state index in [-0.39, 0.29) is 17.6 Å². The van der Waals surface area contributed by atoms with Crippen molar-refractivity contribution in [1.82, 2.24) is 14.7 Å². The maximum atomic E-state index is 13.4. The number of aromatic nitrogens is 2. The number of fused-ring (bicyclic) bond motifs is 1.